The average Bonchev–Trinajstić information content (AvgIpc) is 2.74. The molecule has 1 fully saturated rings. The molecule has 3 N–H and O–H groups in total. The number of benzene rings is 1. The van der Waals surface area contributed by atoms with Crippen LogP contribution in [0.15, 0.2) is 45.9 Å². The highest BCUT2D eigenvalue weighted by Gasteiger charge is 2.22. The summed E-state index contributed by atoms with van der Waals surface area (Å²) in [6.45, 7) is 5.67. The summed E-state index contributed by atoms with van der Waals surface area (Å²) in [6.07, 6.45) is 3.30. The molecule has 3 rings (SSSR count). The van der Waals surface area contributed by atoms with Gasteiger partial charge >= 0.3 is 0 Å². The number of hydrogen-bond acceptors (Lipinski definition) is 6. The first-order valence-corrected chi connectivity index (χ1v) is 12.2. The second-order valence-corrected chi connectivity index (χ2v) is 9.60. The lowest BCUT2D eigenvalue weighted by Gasteiger charge is -2.30. The number of pyridine rings is 1. The average molecular weight is 496 g/mol. The summed E-state index contributed by atoms with van der Waals surface area (Å²) >= 11 is 3.30. The van der Waals surface area contributed by atoms with Crippen LogP contribution in [0.3, 0.4) is 0 Å². The molecule has 1 aromatic carbocycles. The number of carbonyl (C=O) groups excluding carboxylic acids is 1. The first kappa shape index (κ1) is 22.5. The lowest BCUT2D eigenvalue weighted by molar-refractivity contribution is 0.0953. The van der Waals surface area contributed by atoms with E-state index >= 15 is 0 Å². The van der Waals surface area contributed by atoms with E-state index in [2.05, 4.69) is 43.2 Å². The second-order valence-electron chi connectivity index (χ2n) is 7.00. The number of piperazine rings is 1. The molecule has 0 aliphatic carbocycles. The third kappa shape index (κ3) is 5.71. The number of halogens is 1. The zero-order valence-electron chi connectivity index (χ0n) is 16.8. The Morgan fingerprint density at radius 1 is 1.23 bits per heavy atom. The molecular weight excluding hydrogens is 470 g/mol. The van der Waals surface area contributed by atoms with Crippen LogP contribution >= 0.6 is 15.9 Å². The molecule has 2 aromatic rings. The molecule has 1 aromatic heterocycles. The normalized spacial score (nSPS) is 14.4. The van der Waals surface area contributed by atoms with Crippen LogP contribution in [0.25, 0.3) is 0 Å². The first-order chi connectivity index (χ1) is 14.4. The van der Waals surface area contributed by atoms with Crippen molar-refractivity contribution in [3.63, 3.8) is 0 Å². The van der Waals surface area contributed by atoms with Gasteiger partial charge in [-0.1, -0.05) is 29.3 Å². The molecule has 162 valence electrons. The summed E-state index contributed by atoms with van der Waals surface area (Å²) in [5.41, 5.74) is 0.612. The van der Waals surface area contributed by atoms with Crippen LogP contribution in [0.5, 0.6) is 0 Å². The van der Waals surface area contributed by atoms with E-state index in [0.717, 1.165) is 43.5 Å². The Bertz CT molecular complexity index is 976. The third-order valence-electron chi connectivity index (χ3n) is 4.72. The minimum Gasteiger partial charge on any atom is -0.353 e. The summed E-state index contributed by atoms with van der Waals surface area (Å²) < 4.78 is 28.8. The molecule has 0 saturated carbocycles. The molecule has 1 amide bonds. The molecular formula is C20H26BrN5O3S. The van der Waals surface area contributed by atoms with Gasteiger partial charge in [0.15, 0.2) is 0 Å². The minimum absolute atomic E-state index is 0.130. The molecule has 0 atom stereocenters. The van der Waals surface area contributed by atoms with Crippen molar-refractivity contribution in [2.24, 2.45) is 0 Å². The van der Waals surface area contributed by atoms with Gasteiger partial charge in [0.2, 0.25) is 0 Å². The van der Waals surface area contributed by atoms with Crippen LogP contribution in [0.4, 0.5) is 11.5 Å². The smallest absolute Gasteiger partial charge is 0.261 e. The van der Waals surface area contributed by atoms with Gasteiger partial charge in [-0.05, 0) is 36.8 Å². The van der Waals surface area contributed by atoms with E-state index in [0.29, 0.717) is 17.9 Å². The third-order valence-corrected chi connectivity index (χ3v) is 6.65. The van der Waals surface area contributed by atoms with Crippen molar-refractivity contribution >= 4 is 43.4 Å². The Kier molecular flexibility index (Phi) is 7.68. The van der Waals surface area contributed by atoms with Crippen LogP contribution in [-0.4, -0.2) is 52.0 Å². The van der Waals surface area contributed by atoms with Crippen LogP contribution in [0.2, 0.25) is 0 Å². The van der Waals surface area contributed by atoms with Gasteiger partial charge in [-0.25, -0.2) is 13.4 Å². The van der Waals surface area contributed by atoms with Crippen molar-refractivity contribution in [2.75, 3.05) is 42.3 Å². The number of nitrogens with one attached hydrogen (secondary N) is 3. The number of nitrogens with zero attached hydrogens (tertiary/aromatic N) is 2. The van der Waals surface area contributed by atoms with Crippen LogP contribution in [-0.2, 0) is 10.0 Å². The molecule has 0 spiro atoms. The van der Waals surface area contributed by atoms with Gasteiger partial charge in [0.05, 0.1) is 22.3 Å². The maximum absolute atomic E-state index is 12.8. The van der Waals surface area contributed by atoms with Crippen molar-refractivity contribution in [1.82, 2.24) is 15.6 Å². The topological polar surface area (TPSA) is 103 Å². The Morgan fingerprint density at radius 2 is 1.93 bits per heavy atom. The van der Waals surface area contributed by atoms with E-state index in [1.54, 1.807) is 18.2 Å². The van der Waals surface area contributed by atoms with Gasteiger partial charge in [0.25, 0.3) is 15.9 Å². The van der Waals surface area contributed by atoms with Crippen molar-refractivity contribution in [3.8, 4) is 0 Å². The summed E-state index contributed by atoms with van der Waals surface area (Å²) in [7, 11) is -3.80. The lowest BCUT2D eigenvalue weighted by Crippen LogP contribution is -2.44. The van der Waals surface area contributed by atoms with Crippen LogP contribution < -0.4 is 20.3 Å². The zero-order valence-corrected chi connectivity index (χ0v) is 19.2. The van der Waals surface area contributed by atoms with Crippen molar-refractivity contribution in [3.05, 3.63) is 46.6 Å². The number of sulfonamides is 1. The Hall–Kier alpha value is -2.17. The molecule has 0 unspecified atom stereocenters. The standard InChI is InChI=1S/C20H26BrN5O3S/c1-2-3-8-23-20(27)18-13-16(14-24-19(18)26-11-9-22-10-12-26)25-30(28,29)17-6-4-15(21)5-7-17/h4-7,13-14,22,25H,2-3,8-12H2,1H3,(H,23,27). The van der Waals surface area contributed by atoms with Gasteiger partial charge in [0.1, 0.15) is 5.82 Å². The fourth-order valence-electron chi connectivity index (χ4n) is 3.11. The summed E-state index contributed by atoms with van der Waals surface area (Å²) in [5.74, 6) is 0.311. The fraction of sp³-hybridized carbons (Fsp3) is 0.400. The summed E-state index contributed by atoms with van der Waals surface area (Å²) in [4.78, 5) is 19.4. The summed E-state index contributed by atoms with van der Waals surface area (Å²) in [6, 6.07) is 7.89. The van der Waals surface area contributed by atoms with Crippen molar-refractivity contribution in [1.29, 1.82) is 0 Å². The van der Waals surface area contributed by atoms with Crippen LogP contribution in [0.1, 0.15) is 30.1 Å². The van der Waals surface area contributed by atoms with Gasteiger partial charge in [-0.15, -0.1) is 0 Å². The molecule has 8 nitrogen and oxygen atoms in total. The monoisotopic (exact) mass is 495 g/mol. The second kappa shape index (κ2) is 10.2. The molecule has 0 bridgehead atoms. The van der Waals surface area contributed by atoms with E-state index in [1.807, 2.05) is 4.90 Å². The van der Waals surface area contributed by atoms with Crippen molar-refractivity contribution < 1.29 is 13.2 Å². The Labute approximate surface area is 185 Å². The molecule has 30 heavy (non-hydrogen) atoms. The number of rotatable bonds is 8. The van der Waals surface area contributed by atoms with E-state index < -0.39 is 10.0 Å². The number of unbranched alkanes of at least 4 members (excludes halogenated alkanes) is 1. The molecule has 1 saturated heterocycles. The number of anilines is 2. The lowest BCUT2D eigenvalue weighted by atomic mass is 10.2. The number of aromatic nitrogens is 1. The molecule has 2 heterocycles. The highest BCUT2D eigenvalue weighted by Crippen LogP contribution is 2.24. The Morgan fingerprint density at radius 3 is 2.60 bits per heavy atom. The van der Waals surface area contributed by atoms with Crippen LogP contribution in [0, 0.1) is 0 Å². The van der Waals surface area contributed by atoms with Gasteiger partial charge in [-0.3, -0.25) is 9.52 Å². The highest BCUT2D eigenvalue weighted by atomic mass is 79.9. The Balaban J connectivity index is 1.88. The first-order valence-electron chi connectivity index (χ1n) is 9.93. The van der Waals surface area contributed by atoms with Gasteiger partial charge in [-0.2, -0.15) is 0 Å². The molecule has 10 heteroatoms. The van der Waals surface area contributed by atoms with E-state index in [-0.39, 0.29) is 16.5 Å². The maximum Gasteiger partial charge on any atom is 0.261 e. The molecule has 0 radical (unpaired) electrons. The van der Waals surface area contributed by atoms with Gasteiger partial charge in [0, 0.05) is 37.2 Å². The molecule has 1 aliphatic rings. The number of hydrogen-bond donors (Lipinski definition) is 3. The fourth-order valence-corrected chi connectivity index (χ4v) is 4.41. The van der Waals surface area contributed by atoms with E-state index in [9.17, 15) is 13.2 Å². The van der Waals surface area contributed by atoms with E-state index in [1.165, 1.54) is 18.3 Å². The predicted octanol–water partition coefficient (Wildman–Crippen LogP) is 2.58. The van der Waals surface area contributed by atoms with E-state index in [4.69, 9.17) is 0 Å². The minimum atomic E-state index is -3.80. The van der Waals surface area contributed by atoms with Crippen molar-refractivity contribution in [2.45, 2.75) is 24.7 Å². The summed E-state index contributed by atoms with van der Waals surface area (Å²) in [5, 5.41) is 6.18. The maximum atomic E-state index is 12.8. The molecule has 1 aliphatic heterocycles. The highest BCUT2D eigenvalue weighted by molar-refractivity contribution is 9.10. The quantitative estimate of drug-likeness (QED) is 0.486. The SMILES string of the molecule is CCCCNC(=O)c1cc(NS(=O)(=O)c2ccc(Br)cc2)cnc1N1CCNCC1. The zero-order chi connectivity index (χ0) is 21.6. The number of carbonyl (C=O) groups is 1. The largest absolute Gasteiger partial charge is 0.353 e. The predicted molar refractivity (Wildman–Crippen MR) is 122 cm³/mol. The van der Waals surface area contributed by atoms with Gasteiger partial charge < -0.3 is 15.5 Å². The number of amides is 1.